The lowest BCUT2D eigenvalue weighted by atomic mass is 9.56. The van der Waals surface area contributed by atoms with Crippen LogP contribution in [0, 0.1) is 5.41 Å². The van der Waals surface area contributed by atoms with Crippen LogP contribution in [0.25, 0.3) is 0 Å². The van der Waals surface area contributed by atoms with Crippen LogP contribution in [0.15, 0.2) is 23.3 Å². The van der Waals surface area contributed by atoms with Crippen molar-refractivity contribution >= 4 is 22.4 Å². The van der Waals surface area contributed by atoms with Gasteiger partial charge in [-0.2, -0.15) is 0 Å². The highest BCUT2D eigenvalue weighted by Gasteiger charge is 2.60. The van der Waals surface area contributed by atoms with Crippen LogP contribution in [-0.2, 0) is 8.85 Å². The molecule has 0 unspecified atom stereocenters. The van der Waals surface area contributed by atoms with Crippen molar-refractivity contribution in [1.29, 1.82) is 0 Å². The van der Waals surface area contributed by atoms with Gasteiger partial charge < -0.3 is 23.4 Å². The van der Waals surface area contributed by atoms with E-state index in [1.54, 1.807) is 20.3 Å². The Morgan fingerprint density at radius 1 is 0.971 bits per heavy atom. The first-order valence-corrected chi connectivity index (χ1v) is 18.9. The Bertz CT molecular complexity index is 1000. The van der Waals surface area contributed by atoms with Gasteiger partial charge in [-0.3, -0.25) is 4.79 Å². The maximum absolute atomic E-state index is 14.4. The highest BCUT2D eigenvalue weighted by molar-refractivity contribution is 6.70. The maximum atomic E-state index is 14.4. The van der Waals surface area contributed by atoms with Crippen LogP contribution in [0.2, 0.25) is 39.3 Å². The molecule has 1 N–H and O–H groups in total. The Labute approximate surface area is 206 Å². The molecule has 34 heavy (non-hydrogen) atoms. The van der Waals surface area contributed by atoms with Crippen LogP contribution >= 0.6 is 0 Å². The van der Waals surface area contributed by atoms with Gasteiger partial charge >= 0.3 is 0 Å². The lowest BCUT2D eigenvalue weighted by molar-refractivity contribution is -0.145. The third-order valence-corrected chi connectivity index (χ3v) is 8.95. The molecule has 0 saturated heterocycles. The summed E-state index contributed by atoms with van der Waals surface area (Å²) in [6.45, 7) is 18.7. The van der Waals surface area contributed by atoms with Gasteiger partial charge in [0.2, 0.25) is 0 Å². The number of hydrogen-bond acceptors (Lipinski definition) is 6. The van der Waals surface area contributed by atoms with Crippen LogP contribution in [0.1, 0.15) is 55.6 Å². The number of aliphatic hydroxyl groups is 1. The molecule has 1 aromatic rings. The zero-order valence-electron chi connectivity index (χ0n) is 22.7. The summed E-state index contributed by atoms with van der Waals surface area (Å²) in [7, 11) is -1.17. The molecule has 0 aromatic heterocycles. The first-order chi connectivity index (χ1) is 15.5. The summed E-state index contributed by atoms with van der Waals surface area (Å²) in [5.74, 6) is 0.819. The van der Waals surface area contributed by atoms with Crippen molar-refractivity contribution in [3.63, 3.8) is 0 Å². The molecule has 0 heterocycles. The van der Waals surface area contributed by atoms with Crippen molar-refractivity contribution < 1.29 is 28.2 Å². The Morgan fingerprint density at radius 2 is 1.56 bits per heavy atom. The molecule has 3 rings (SSSR count). The van der Waals surface area contributed by atoms with Crippen LogP contribution in [0.4, 0.5) is 0 Å². The van der Waals surface area contributed by atoms with Crippen LogP contribution < -0.4 is 9.47 Å². The number of benzene rings is 1. The zero-order valence-corrected chi connectivity index (χ0v) is 24.7. The van der Waals surface area contributed by atoms with Gasteiger partial charge in [0.15, 0.2) is 22.4 Å². The van der Waals surface area contributed by atoms with E-state index in [0.717, 1.165) is 11.1 Å². The van der Waals surface area contributed by atoms with Gasteiger partial charge in [-0.05, 0) is 70.7 Å². The van der Waals surface area contributed by atoms with Crippen molar-refractivity contribution in [2.24, 2.45) is 5.41 Å². The number of ether oxygens (including phenoxy) is 2. The molecule has 0 spiro atoms. The fourth-order valence-corrected chi connectivity index (χ4v) is 7.42. The van der Waals surface area contributed by atoms with Crippen molar-refractivity contribution in [3.8, 4) is 11.5 Å². The summed E-state index contributed by atoms with van der Waals surface area (Å²) in [5.41, 5.74) is 0.997. The molecule has 0 aliphatic heterocycles. The number of fused-ring (bicyclic) bond motifs is 3. The molecular weight excluding hydrogens is 464 g/mol. The Balaban J connectivity index is 2.48. The lowest BCUT2D eigenvalue weighted by Crippen LogP contribution is -2.59. The lowest BCUT2D eigenvalue weighted by Gasteiger charge is -2.56. The highest BCUT2D eigenvalue weighted by atomic mass is 28.4. The van der Waals surface area contributed by atoms with Gasteiger partial charge in [0.1, 0.15) is 29.3 Å². The molecule has 6 nitrogen and oxygen atoms in total. The van der Waals surface area contributed by atoms with Crippen molar-refractivity contribution in [2.45, 2.75) is 90.7 Å². The number of allylic oxidation sites excluding steroid dienone is 1. The molecule has 0 amide bonds. The first-order valence-electron chi connectivity index (χ1n) is 12.0. The molecular formula is C26H42O6Si2. The van der Waals surface area contributed by atoms with E-state index in [4.69, 9.17) is 18.3 Å². The summed E-state index contributed by atoms with van der Waals surface area (Å²) < 4.78 is 24.7. The topological polar surface area (TPSA) is 74.2 Å². The molecule has 0 saturated carbocycles. The second-order valence-electron chi connectivity index (χ2n) is 12.1. The van der Waals surface area contributed by atoms with E-state index < -0.39 is 39.9 Å². The van der Waals surface area contributed by atoms with E-state index in [0.29, 0.717) is 35.5 Å². The SMILES string of the molecule is COc1cc(OC)c2c(c1)[C@H](O[Si](C)(C)C)[C@]1(O)CCC(C)=C([C@@H](O[Si](C)(C)C)C2=O)C1(C)C. The number of rotatable bonds is 6. The number of methoxy groups -OCH3 is 2. The average molecular weight is 507 g/mol. The minimum absolute atomic E-state index is 0.146. The Morgan fingerprint density at radius 3 is 2.06 bits per heavy atom. The normalized spacial score (nSPS) is 27.1. The van der Waals surface area contributed by atoms with Gasteiger partial charge in [-0.25, -0.2) is 0 Å². The molecule has 0 radical (unpaired) electrons. The summed E-state index contributed by atoms with van der Waals surface area (Å²) in [6, 6.07) is 3.55. The minimum Gasteiger partial charge on any atom is -0.497 e. The smallest absolute Gasteiger partial charge is 0.198 e. The molecule has 2 aliphatic carbocycles. The van der Waals surface area contributed by atoms with E-state index in [2.05, 4.69) is 46.2 Å². The van der Waals surface area contributed by atoms with Crippen LogP contribution in [0.5, 0.6) is 11.5 Å². The number of Topliss-reactive ketones (excluding diaryl/α,β-unsaturated/α-hetero) is 1. The molecule has 1 aromatic carbocycles. The number of carbonyl (C=O) groups excluding carboxylic acids is 1. The van der Waals surface area contributed by atoms with Gasteiger partial charge in [0.25, 0.3) is 0 Å². The summed E-state index contributed by atoms with van der Waals surface area (Å²) >= 11 is 0. The Kier molecular flexibility index (Phi) is 7.09. The van der Waals surface area contributed by atoms with E-state index in [1.807, 2.05) is 19.9 Å². The average Bonchev–Trinajstić information content (AvgIpc) is 2.70. The quantitative estimate of drug-likeness (QED) is 0.384. The molecule has 3 atom stereocenters. The van der Waals surface area contributed by atoms with E-state index in [-0.39, 0.29) is 5.78 Å². The standard InChI is InChI=1S/C26H42O6Si2/c1-16-12-13-26(28)24(32-34(9,10)11)18-14-17(29-4)15-19(30-5)20(18)22(27)23(31-33(6,7)8)21(16)25(26,2)3/h14-15,23-24,28H,12-13H2,1-11H3/t23-,24+,26-/m1/s1. The predicted octanol–water partition coefficient (Wildman–Crippen LogP) is 5.88. The van der Waals surface area contributed by atoms with Crippen molar-refractivity contribution in [1.82, 2.24) is 0 Å². The second kappa shape index (κ2) is 8.89. The summed E-state index contributed by atoms with van der Waals surface area (Å²) in [5, 5.41) is 12.6. The fraction of sp³-hybridized carbons (Fsp3) is 0.654. The fourth-order valence-electron chi connectivity index (χ4n) is 5.46. The van der Waals surface area contributed by atoms with Crippen molar-refractivity contribution in [2.75, 3.05) is 14.2 Å². The van der Waals surface area contributed by atoms with Gasteiger partial charge in [0, 0.05) is 17.0 Å². The van der Waals surface area contributed by atoms with Crippen LogP contribution in [-0.4, -0.2) is 53.4 Å². The largest absolute Gasteiger partial charge is 0.497 e. The molecule has 2 aliphatic rings. The first kappa shape index (κ1) is 27.1. The van der Waals surface area contributed by atoms with Gasteiger partial charge in [-0.15, -0.1) is 0 Å². The monoisotopic (exact) mass is 506 g/mol. The maximum Gasteiger partial charge on any atom is 0.198 e. The third kappa shape index (κ3) is 4.67. The predicted molar refractivity (Wildman–Crippen MR) is 140 cm³/mol. The van der Waals surface area contributed by atoms with Gasteiger partial charge in [-0.1, -0.05) is 19.4 Å². The third-order valence-electron chi connectivity index (χ3n) is 7.06. The highest BCUT2D eigenvalue weighted by Crippen LogP contribution is 2.58. The zero-order chi connectivity index (χ0) is 25.9. The Hall–Kier alpha value is -1.46. The van der Waals surface area contributed by atoms with Gasteiger partial charge in [0.05, 0.1) is 19.8 Å². The summed E-state index contributed by atoms with van der Waals surface area (Å²) in [6.07, 6.45) is -0.302. The van der Waals surface area contributed by atoms with E-state index in [9.17, 15) is 9.90 Å². The van der Waals surface area contributed by atoms with Crippen LogP contribution in [0.3, 0.4) is 0 Å². The number of hydrogen-bond donors (Lipinski definition) is 1. The van der Waals surface area contributed by atoms with Crippen molar-refractivity contribution in [3.05, 3.63) is 34.4 Å². The number of ketones is 1. The summed E-state index contributed by atoms with van der Waals surface area (Å²) in [4.78, 5) is 14.4. The molecule has 2 bridgehead atoms. The molecule has 190 valence electrons. The molecule has 8 heteroatoms. The second-order valence-corrected chi connectivity index (χ2v) is 21.0. The van der Waals surface area contributed by atoms with E-state index in [1.165, 1.54) is 0 Å². The number of carbonyl (C=O) groups is 1. The molecule has 0 fully saturated rings. The minimum atomic E-state index is -2.16. The van der Waals surface area contributed by atoms with E-state index >= 15 is 0 Å².